The average molecular weight is 573 g/mol. The van der Waals surface area contributed by atoms with Crippen LogP contribution in [0.2, 0.25) is 0 Å². The van der Waals surface area contributed by atoms with Gasteiger partial charge in [0, 0.05) is 17.1 Å². The molecule has 0 aromatic heterocycles. The lowest BCUT2D eigenvalue weighted by Crippen LogP contribution is -2.52. The fourth-order valence-corrected chi connectivity index (χ4v) is 5.54. The summed E-state index contributed by atoms with van der Waals surface area (Å²) in [6, 6.07) is 23.0. The number of carbonyl (C=O) groups excluding carboxylic acids is 2. The third kappa shape index (κ3) is 6.95. The molecule has 190 valence electrons. The smallest absolute Gasteiger partial charge is 0.264 e. The molecule has 0 fully saturated rings. The zero-order valence-electron chi connectivity index (χ0n) is 20.5. The van der Waals surface area contributed by atoms with E-state index in [0.29, 0.717) is 5.69 Å². The summed E-state index contributed by atoms with van der Waals surface area (Å²) in [5, 5.41) is 2.84. The molecular weight excluding hydrogens is 542 g/mol. The Balaban J connectivity index is 1.99. The second-order valence-electron chi connectivity index (χ2n) is 8.65. The first kappa shape index (κ1) is 27.4. The molecule has 3 aromatic rings. The van der Waals surface area contributed by atoms with Crippen LogP contribution in [-0.2, 0) is 26.2 Å². The van der Waals surface area contributed by atoms with Crippen LogP contribution in [-0.4, -0.2) is 43.8 Å². The lowest BCUT2D eigenvalue weighted by atomic mass is 10.1. The van der Waals surface area contributed by atoms with Crippen molar-refractivity contribution in [1.29, 1.82) is 0 Å². The van der Waals surface area contributed by atoms with E-state index in [4.69, 9.17) is 0 Å². The molecule has 36 heavy (non-hydrogen) atoms. The van der Waals surface area contributed by atoms with E-state index in [9.17, 15) is 18.0 Å². The first-order valence-corrected chi connectivity index (χ1v) is 13.8. The number of halogens is 1. The van der Waals surface area contributed by atoms with E-state index >= 15 is 0 Å². The predicted octanol–water partition coefficient (Wildman–Crippen LogP) is 4.59. The van der Waals surface area contributed by atoms with Gasteiger partial charge in [-0.1, -0.05) is 64.5 Å². The highest BCUT2D eigenvalue weighted by molar-refractivity contribution is 9.10. The third-order valence-electron chi connectivity index (χ3n) is 5.49. The zero-order chi connectivity index (χ0) is 26.3. The van der Waals surface area contributed by atoms with Crippen molar-refractivity contribution < 1.29 is 18.0 Å². The number of nitrogens with one attached hydrogen (secondary N) is 1. The quantitative estimate of drug-likeness (QED) is 0.385. The van der Waals surface area contributed by atoms with Crippen molar-refractivity contribution in [2.24, 2.45) is 0 Å². The topological polar surface area (TPSA) is 86.8 Å². The molecular formula is C27H30BrN3O4S. The van der Waals surface area contributed by atoms with Gasteiger partial charge in [-0.05, 0) is 62.7 Å². The number of rotatable bonds is 10. The van der Waals surface area contributed by atoms with Crippen molar-refractivity contribution in [3.8, 4) is 0 Å². The Bertz CT molecular complexity index is 1280. The number of carbonyl (C=O) groups is 2. The normalized spacial score (nSPS) is 12.1. The van der Waals surface area contributed by atoms with Crippen LogP contribution in [0.25, 0.3) is 0 Å². The summed E-state index contributed by atoms with van der Waals surface area (Å²) in [4.78, 5) is 28.1. The second-order valence-corrected chi connectivity index (χ2v) is 11.4. The van der Waals surface area contributed by atoms with Crippen LogP contribution in [0.1, 0.15) is 26.3 Å². The van der Waals surface area contributed by atoms with Crippen LogP contribution >= 0.6 is 15.9 Å². The molecule has 1 atom stereocenters. The molecule has 0 bridgehead atoms. The average Bonchev–Trinajstić information content (AvgIpc) is 2.86. The maximum absolute atomic E-state index is 13.8. The van der Waals surface area contributed by atoms with Gasteiger partial charge in [-0.15, -0.1) is 0 Å². The summed E-state index contributed by atoms with van der Waals surface area (Å²) >= 11 is 3.44. The minimum absolute atomic E-state index is 0.0748. The van der Waals surface area contributed by atoms with Gasteiger partial charge >= 0.3 is 0 Å². The van der Waals surface area contributed by atoms with Gasteiger partial charge in [0.15, 0.2) is 0 Å². The van der Waals surface area contributed by atoms with Gasteiger partial charge in [0.05, 0.1) is 10.6 Å². The van der Waals surface area contributed by atoms with Crippen molar-refractivity contribution in [3.05, 3.63) is 95.0 Å². The molecule has 0 saturated carbocycles. The highest BCUT2D eigenvalue weighted by Gasteiger charge is 2.32. The molecule has 0 spiro atoms. The molecule has 2 amide bonds. The third-order valence-corrected chi connectivity index (χ3v) is 7.78. The number of hydrogen-bond acceptors (Lipinski definition) is 4. The lowest BCUT2D eigenvalue weighted by Gasteiger charge is -2.32. The number of anilines is 1. The maximum Gasteiger partial charge on any atom is 0.264 e. The molecule has 0 radical (unpaired) electrons. The van der Waals surface area contributed by atoms with Crippen molar-refractivity contribution in [2.75, 3.05) is 10.8 Å². The number of sulfonamides is 1. The maximum atomic E-state index is 13.8. The highest BCUT2D eigenvalue weighted by Crippen LogP contribution is 2.24. The van der Waals surface area contributed by atoms with E-state index in [2.05, 4.69) is 21.2 Å². The second kappa shape index (κ2) is 12.2. The molecule has 0 saturated heterocycles. The van der Waals surface area contributed by atoms with Crippen LogP contribution in [0, 0.1) is 0 Å². The summed E-state index contributed by atoms with van der Waals surface area (Å²) < 4.78 is 29.2. The Morgan fingerprint density at radius 3 is 2.08 bits per heavy atom. The van der Waals surface area contributed by atoms with Crippen LogP contribution in [0.4, 0.5) is 5.69 Å². The Morgan fingerprint density at radius 2 is 1.50 bits per heavy atom. The number of benzene rings is 3. The SMILES string of the molecule is CC(C)NC(=O)[C@H](C)N(Cc1cccc(Br)c1)C(=O)CN(c1ccccc1)S(=O)(=O)c1ccccc1. The molecule has 7 nitrogen and oxygen atoms in total. The van der Waals surface area contributed by atoms with Crippen LogP contribution in [0.5, 0.6) is 0 Å². The minimum atomic E-state index is -4.05. The lowest BCUT2D eigenvalue weighted by molar-refractivity contribution is -0.139. The number of para-hydroxylation sites is 1. The first-order chi connectivity index (χ1) is 17.1. The van der Waals surface area contributed by atoms with E-state index in [-0.39, 0.29) is 23.4 Å². The van der Waals surface area contributed by atoms with Gasteiger partial charge in [0.1, 0.15) is 12.6 Å². The molecule has 0 aliphatic rings. The first-order valence-electron chi connectivity index (χ1n) is 11.6. The summed E-state index contributed by atoms with van der Waals surface area (Å²) in [7, 11) is -4.05. The van der Waals surface area contributed by atoms with Gasteiger partial charge in [-0.25, -0.2) is 8.42 Å². The Morgan fingerprint density at radius 1 is 0.889 bits per heavy atom. The predicted molar refractivity (Wildman–Crippen MR) is 145 cm³/mol. The van der Waals surface area contributed by atoms with E-state index < -0.39 is 28.5 Å². The fraction of sp³-hybridized carbons (Fsp3) is 0.259. The number of amides is 2. The van der Waals surface area contributed by atoms with Crippen molar-refractivity contribution in [1.82, 2.24) is 10.2 Å². The summed E-state index contributed by atoms with van der Waals surface area (Å²) in [5.74, 6) is -0.810. The van der Waals surface area contributed by atoms with E-state index in [1.807, 2.05) is 38.1 Å². The Kier molecular flexibility index (Phi) is 9.28. The van der Waals surface area contributed by atoms with Crippen molar-refractivity contribution in [2.45, 2.75) is 44.3 Å². The number of nitrogens with zero attached hydrogens (tertiary/aromatic N) is 2. The Labute approximate surface area is 221 Å². The standard InChI is InChI=1S/C27H30BrN3O4S/c1-20(2)29-27(33)21(3)30(18-22-11-10-12-23(28)17-22)26(32)19-31(24-13-6-4-7-14-24)36(34,35)25-15-8-5-9-16-25/h4-17,20-21H,18-19H2,1-3H3,(H,29,33)/t21-/m0/s1. The molecule has 0 heterocycles. The molecule has 3 rings (SSSR count). The number of hydrogen-bond donors (Lipinski definition) is 1. The highest BCUT2D eigenvalue weighted by atomic mass is 79.9. The van der Waals surface area contributed by atoms with Gasteiger partial charge in [-0.3, -0.25) is 13.9 Å². The van der Waals surface area contributed by atoms with Crippen LogP contribution in [0.3, 0.4) is 0 Å². The van der Waals surface area contributed by atoms with Crippen LogP contribution in [0.15, 0.2) is 94.3 Å². The van der Waals surface area contributed by atoms with Gasteiger partial charge < -0.3 is 10.2 Å². The molecule has 0 aliphatic heterocycles. The minimum Gasteiger partial charge on any atom is -0.352 e. The molecule has 3 aromatic carbocycles. The monoisotopic (exact) mass is 571 g/mol. The van der Waals surface area contributed by atoms with E-state index in [0.717, 1.165) is 14.3 Å². The summed E-state index contributed by atoms with van der Waals surface area (Å²) in [5.41, 5.74) is 1.16. The van der Waals surface area contributed by atoms with Crippen molar-refractivity contribution >= 4 is 43.5 Å². The zero-order valence-corrected chi connectivity index (χ0v) is 22.9. The van der Waals surface area contributed by atoms with Crippen LogP contribution < -0.4 is 9.62 Å². The summed E-state index contributed by atoms with van der Waals surface area (Å²) in [6.07, 6.45) is 0. The molecule has 0 unspecified atom stereocenters. The van der Waals surface area contributed by atoms with E-state index in [1.54, 1.807) is 55.5 Å². The van der Waals surface area contributed by atoms with Gasteiger partial charge in [0.25, 0.3) is 10.0 Å². The van der Waals surface area contributed by atoms with Gasteiger partial charge in [-0.2, -0.15) is 0 Å². The molecule has 1 N–H and O–H groups in total. The fourth-order valence-electron chi connectivity index (χ4n) is 3.66. The molecule has 9 heteroatoms. The Hall–Kier alpha value is -3.17. The largest absolute Gasteiger partial charge is 0.352 e. The van der Waals surface area contributed by atoms with Crippen molar-refractivity contribution in [3.63, 3.8) is 0 Å². The van der Waals surface area contributed by atoms with Gasteiger partial charge in [0.2, 0.25) is 11.8 Å². The molecule has 0 aliphatic carbocycles. The summed E-state index contributed by atoms with van der Waals surface area (Å²) in [6.45, 7) is 5.00. The van der Waals surface area contributed by atoms with E-state index in [1.165, 1.54) is 17.0 Å².